The van der Waals surface area contributed by atoms with Crippen LogP contribution in [0.1, 0.15) is 19.3 Å². The number of rotatable bonds is 4. The van der Waals surface area contributed by atoms with Gasteiger partial charge in [0.25, 0.3) is 0 Å². The second-order valence-electron chi connectivity index (χ2n) is 6.02. The zero-order chi connectivity index (χ0) is 14.8. The van der Waals surface area contributed by atoms with Crippen LogP contribution >= 0.6 is 24.2 Å². The van der Waals surface area contributed by atoms with Crippen molar-refractivity contribution in [3.8, 4) is 0 Å². The molecule has 6 heteroatoms. The number of hydrogen-bond donors (Lipinski definition) is 1. The van der Waals surface area contributed by atoms with Gasteiger partial charge in [0.15, 0.2) is 0 Å². The minimum Gasteiger partial charge on any atom is -0.342 e. The zero-order valence-electron chi connectivity index (χ0n) is 12.4. The van der Waals surface area contributed by atoms with Crippen molar-refractivity contribution in [2.45, 2.75) is 30.2 Å². The Bertz CT molecular complexity index is 513. The van der Waals surface area contributed by atoms with Crippen molar-refractivity contribution in [3.05, 3.63) is 30.1 Å². The van der Waals surface area contributed by atoms with Crippen LogP contribution in [0.4, 0.5) is 4.39 Å². The fourth-order valence-electron chi connectivity index (χ4n) is 3.46. The van der Waals surface area contributed by atoms with E-state index in [1.165, 1.54) is 18.6 Å². The average Bonchev–Trinajstić information content (AvgIpc) is 3.04. The summed E-state index contributed by atoms with van der Waals surface area (Å²) in [7, 11) is 0. The van der Waals surface area contributed by atoms with Crippen molar-refractivity contribution < 1.29 is 9.18 Å². The van der Waals surface area contributed by atoms with Crippen molar-refractivity contribution in [1.82, 2.24) is 4.90 Å². The standard InChI is InChI=1S/C16H21FN2OS.ClH/c17-12-2-4-13(5-3-12)21-8-7-16(20)19-9-11-1-6-15(18)14(11)10-19;/h2-5,11,14-15H,1,6-10,18H2;1H. The topological polar surface area (TPSA) is 46.3 Å². The van der Waals surface area contributed by atoms with Crippen molar-refractivity contribution in [3.63, 3.8) is 0 Å². The van der Waals surface area contributed by atoms with E-state index in [2.05, 4.69) is 0 Å². The number of thioether (sulfide) groups is 1. The molecule has 1 saturated carbocycles. The van der Waals surface area contributed by atoms with Crippen LogP contribution in [-0.4, -0.2) is 35.7 Å². The molecule has 122 valence electrons. The number of benzene rings is 1. The second kappa shape index (κ2) is 7.66. The monoisotopic (exact) mass is 344 g/mol. The molecule has 1 amide bonds. The average molecular weight is 345 g/mol. The van der Waals surface area contributed by atoms with Crippen LogP contribution in [0, 0.1) is 17.7 Å². The normalized spacial score (nSPS) is 26.6. The van der Waals surface area contributed by atoms with Crippen LogP contribution in [0.25, 0.3) is 0 Å². The Morgan fingerprint density at radius 2 is 2.00 bits per heavy atom. The fourth-order valence-corrected chi connectivity index (χ4v) is 4.30. The molecule has 1 heterocycles. The first-order valence-corrected chi connectivity index (χ1v) is 8.54. The van der Waals surface area contributed by atoms with E-state index in [-0.39, 0.29) is 30.2 Å². The van der Waals surface area contributed by atoms with E-state index in [1.807, 2.05) is 4.90 Å². The smallest absolute Gasteiger partial charge is 0.223 e. The van der Waals surface area contributed by atoms with Gasteiger partial charge in [-0.2, -0.15) is 0 Å². The molecule has 3 atom stereocenters. The Balaban J connectivity index is 0.00000176. The van der Waals surface area contributed by atoms with Gasteiger partial charge in [0.2, 0.25) is 5.91 Å². The van der Waals surface area contributed by atoms with Gasteiger partial charge in [-0.05, 0) is 48.9 Å². The lowest BCUT2D eigenvalue weighted by Gasteiger charge is -2.18. The van der Waals surface area contributed by atoms with Crippen molar-refractivity contribution >= 4 is 30.1 Å². The summed E-state index contributed by atoms with van der Waals surface area (Å²) in [5.74, 6) is 1.87. The van der Waals surface area contributed by atoms with E-state index in [0.717, 1.165) is 30.2 Å². The maximum absolute atomic E-state index is 12.8. The summed E-state index contributed by atoms with van der Waals surface area (Å²) in [5.41, 5.74) is 6.10. The Hall–Kier alpha value is -0.780. The largest absolute Gasteiger partial charge is 0.342 e. The molecule has 0 bridgehead atoms. The summed E-state index contributed by atoms with van der Waals surface area (Å²) in [6.45, 7) is 1.73. The summed E-state index contributed by atoms with van der Waals surface area (Å²) in [6, 6.07) is 6.69. The number of carbonyl (C=O) groups excluding carboxylic acids is 1. The van der Waals surface area contributed by atoms with Gasteiger partial charge in [-0.1, -0.05) is 0 Å². The molecule has 0 radical (unpaired) electrons. The molecule has 3 nitrogen and oxygen atoms in total. The van der Waals surface area contributed by atoms with Gasteiger partial charge in [0.1, 0.15) is 5.82 Å². The van der Waals surface area contributed by atoms with Crippen LogP contribution in [0.15, 0.2) is 29.2 Å². The quantitative estimate of drug-likeness (QED) is 0.854. The van der Waals surface area contributed by atoms with E-state index < -0.39 is 0 Å². The molecule has 1 saturated heterocycles. The van der Waals surface area contributed by atoms with Crippen molar-refractivity contribution in [2.75, 3.05) is 18.8 Å². The van der Waals surface area contributed by atoms with E-state index >= 15 is 0 Å². The summed E-state index contributed by atoms with van der Waals surface area (Å²) >= 11 is 1.60. The van der Waals surface area contributed by atoms with E-state index in [9.17, 15) is 9.18 Å². The molecule has 3 rings (SSSR count). The predicted molar refractivity (Wildman–Crippen MR) is 89.8 cm³/mol. The molecular formula is C16H22ClFN2OS. The minimum absolute atomic E-state index is 0. The van der Waals surface area contributed by atoms with Gasteiger partial charge >= 0.3 is 0 Å². The molecule has 2 aliphatic rings. The van der Waals surface area contributed by atoms with Gasteiger partial charge in [-0.3, -0.25) is 4.79 Å². The van der Waals surface area contributed by atoms with Crippen LogP contribution in [0.3, 0.4) is 0 Å². The first kappa shape index (κ1) is 17.6. The van der Waals surface area contributed by atoms with Gasteiger partial charge < -0.3 is 10.6 Å². The molecule has 1 aromatic carbocycles. The number of likely N-dealkylation sites (tertiary alicyclic amines) is 1. The maximum atomic E-state index is 12.8. The third-order valence-corrected chi connectivity index (χ3v) is 5.68. The number of carbonyl (C=O) groups is 1. The molecule has 3 unspecified atom stereocenters. The molecule has 1 aliphatic heterocycles. The summed E-state index contributed by atoms with van der Waals surface area (Å²) in [4.78, 5) is 15.2. The Labute approximate surface area is 141 Å². The highest BCUT2D eigenvalue weighted by Gasteiger charge is 2.42. The van der Waals surface area contributed by atoms with Gasteiger partial charge in [0, 0.05) is 36.2 Å². The lowest BCUT2D eigenvalue weighted by molar-refractivity contribution is -0.130. The number of halogens is 2. The highest BCUT2D eigenvalue weighted by atomic mass is 35.5. The van der Waals surface area contributed by atoms with Crippen molar-refractivity contribution in [2.24, 2.45) is 17.6 Å². The predicted octanol–water partition coefficient (Wildman–Crippen LogP) is 2.93. The first-order valence-electron chi connectivity index (χ1n) is 7.55. The summed E-state index contributed by atoms with van der Waals surface area (Å²) in [6.07, 6.45) is 2.81. The molecule has 0 spiro atoms. The maximum Gasteiger partial charge on any atom is 0.223 e. The van der Waals surface area contributed by atoms with Crippen LogP contribution in [-0.2, 0) is 4.79 Å². The first-order chi connectivity index (χ1) is 10.1. The lowest BCUT2D eigenvalue weighted by Crippen LogP contribution is -2.33. The molecule has 22 heavy (non-hydrogen) atoms. The van der Waals surface area contributed by atoms with Crippen molar-refractivity contribution in [1.29, 1.82) is 0 Å². The summed E-state index contributed by atoms with van der Waals surface area (Å²) < 4.78 is 12.8. The molecule has 1 aliphatic carbocycles. The Kier molecular flexibility index (Phi) is 6.12. The van der Waals surface area contributed by atoms with Gasteiger partial charge in [0.05, 0.1) is 0 Å². The van der Waals surface area contributed by atoms with Crippen LogP contribution in [0.5, 0.6) is 0 Å². The highest BCUT2D eigenvalue weighted by molar-refractivity contribution is 7.99. The summed E-state index contributed by atoms with van der Waals surface area (Å²) in [5, 5.41) is 0. The molecular weight excluding hydrogens is 323 g/mol. The Morgan fingerprint density at radius 1 is 1.27 bits per heavy atom. The number of nitrogens with zero attached hydrogens (tertiary/aromatic N) is 1. The number of hydrogen-bond acceptors (Lipinski definition) is 3. The molecule has 0 aromatic heterocycles. The minimum atomic E-state index is -0.227. The van der Waals surface area contributed by atoms with E-state index in [4.69, 9.17) is 5.73 Å². The number of nitrogens with two attached hydrogens (primary N) is 1. The SMILES string of the molecule is Cl.NC1CCC2CN(C(=O)CCSc3ccc(F)cc3)CC12. The number of amides is 1. The molecule has 2 N–H and O–H groups in total. The van der Waals surface area contributed by atoms with Crippen LogP contribution in [0.2, 0.25) is 0 Å². The fraction of sp³-hybridized carbons (Fsp3) is 0.562. The lowest BCUT2D eigenvalue weighted by atomic mass is 9.98. The highest BCUT2D eigenvalue weighted by Crippen LogP contribution is 2.37. The third-order valence-electron chi connectivity index (χ3n) is 4.66. The van der Waals surface area contributed by atoms with E-state index in [1.54, 1.807) is 23.9 Å². The number of fused-ring (bicyclic) bond motifs is 1. The van der Waals surface area contributed by atoms with E-state index in [0.29, 0.717) is 18.3 Å². The zero-order valence-corrected chi connectivity index (χ0v) is 14.0. The molecule has 2 fully saturated rings. The Morgan fingerprint density at radius 3 is 2.68 bits per heavy atom. The van der Waals surface area contributed by atoms with Gasteiger partial charge in [-0.15, -0.1) is 24.2 Å². The third kappa shape index (κ3) is 3.94. The van der Waals surface area contributed by atoms with Crippen LogP contribution < -0.4 is 5.73 Å². The second-order valence-corrected chi connectivity index (χ2v) is 7.18. The van der Waals surface area contributed by atoms with Gasteiger partial charge in [-0.25, -0.2) is 4.39 Å². The molecule has 1 aromatic rings.